The van der Waals surface area contributed by atoms with Crippen LogP contribution in [-0.2, 0) is 0 Å². The standard InChI is InChI=1S/C19H15F3N/c1-10-6-12(7-10)17-15-8-14(21)9-16(22)19(15)23-18(17)11-2-4-13(20)5-3-11/h2-5,8-10,12,23H,1,6-7H2. The molecule has 0 saturated heterocycles. The second kappa shape index (κ2) is 5.15. The van der Waals surface area contributed by atoms with E-state index in [1.165, 1.54) is 18.2 Å². The van der Waals surface area contributed by atoms with Crippen molar-refractivity contribution in [1.29, 1.82) is 0 Å². The Labute approximate surface area is 132 Å². The van der Waals surface area contributed by atoms with Crippen molar-refractivity contribution in [1.82, 2.24) is 4.98 Å². The summed E-state index contributed by atoms with van der Waals surface area (Å²) in [6.45, 7) is 4.03. The van der Waals surface area contributed by atoms with E-state index in [1.807, 2.05) is 0 Å². The van der Waals surface area contributed by atoms with Crippen LogP contribution < -0.4 is 0 Å². The monoisotopic (exact) mass is 314 g/mol. The maximum atomic E-state index is 14.1. The van der Waals surface area contributed by atoms with Gasteiger partial charge in [-0.25, -0.2) is 13.2 Å². The van der Waals surface area contributed by atoms with Gasteiger partial charge < -0.3 is 4.98 Å². The molecule has 1 fully saturated rings. The zero-order valence-corrected chi connectivity index (χ0v) is 12.4. The number of nitrogens with one attached hydrogen (secondary N) is 1. The highest BCUT2D eigenvalue weighted by molar-refractivity contribution is 5.92. The van der Waals surface area contributed by atoms with Gasteiger partial charge in [0.15, 0.2) is 0 Å². The molecule has 1 heterocycles. The molecule has 1 saturated carbocycles. The number of rotatable bonds is 2. The number of hydrogen-bond acceptors (Lipinski definition) is 0. The summed E-state index contributed by atoms with van der Waals surface area (Å²) < 4.78 is 41.0. The Morgan fingerprint density at radius 3 is 2.30 bits per heavy atom. The number of benzene rings is 2. The van der Waals surface area contributed by atoms with E-state index in [0.717, 1.165) is 35.7 Å². The van der Waals surface area contributed by atoms with Gasteiger partial charge in [0.2, 0.25) is 0 Å². The molecule has 1 aliphatic carbocycles. The van der Waals surface area contributed by atoms with E-state index in [1.54, 1.807) is 12.1 Å². The molecule has 1 radical (unpaired) electrons. The molecule has 0 unspecified atom stereocenters. The summed E-state index contributed by atoms with van der Waals surface area (Å²) in [7, 11) is 0. The first kappa shape index (κ1) is 14.4. The fraction of sp³-hybridized carbons (Fsp3) is 0.211. The first-order valence-electron chi connectivity index (χ1n) is 7.62. The van der Waals surface area contributed by atoms with E-state index in [-0.39, 0.29) is 11.7 Å². The van der Waals surface area contributed by atoms with Crippen molar-refractivity contribution in [3.8, 4) is 11.3 Å². The van der Waals surface area contributed by atoms with Crippen molar-refractivity contribution in [3.05, 3.63) is 66.3 Å². The lowest BCUT2D eigenvalue weighted by Crippen LogP contribution is -2.19. The predicted octanol–water partition coefficient (Wildman–Crippen LogP) is 5.58. The van der Waals surface area contributed by atoms with Crippen LogP contribution in [0.4, 0.5) is 13.2 Å². The number of aromatic amines is 1. The molecular weight excluding hydrogens is 299 g/mol. The molecule has 3 aromatic rings. The summed E-state index contributed by atoms with van der Waals surface area (Å²) in [4.78, 5) is 3.07. The fourth-order valence-corrected chi connectivity index (χ4v) is 3.48. The molecule has 2 aromatic carbocycles. The minimum Gasteiger partial charge on any atom is -0.352 e. The molecule has 1 aromatic heterocycles. The normalized spacial score (nSPS) is 20.7. The molecule has 23 heavy (non-hydrogen) atoms. The molecule has 1 N–H and O–H groups in total. The van der Waals surface area contributed by atoms with Crippen LogP contribution in [0.15, 0.2) is 36.4 Å². The highest BCUT2D eigenvalue weighted by Crippen LogP contribution is 2.47. The molecule has 117 valence electrons. The van der Waals surface area contributed by atoms with Gasteiger partial charge in [0.25, 0.3) is 0 Å². The largest absolute Gasteiger partial charge is 0.352 e. The number of aromatic nitrogens is 1. The highest BCUT2D eigenvalue weighted by Gasteiger charge is 2.32. The van der Waals surface area contributed by atoms with Gasteiger partial charge in [0.1, 0.15) is 17.5 Å². The number of halogens is 3. The van der Waals surface area contributed by atoms with E-state index in [4.69, 9.17) is 0 Å². The van der Waals surface area contributed by atoms with Gasteiger partial charge in [-0.15, -0.1) is 0 Å². The summed E-state index contributed by atoms with van der Waals surface area (Å²) in [5.74, 6) is -0.950. The maximum absolute atomic E-state index is 14.1. The van der Waals surface area contributed by atoms with Crippen molar-refractivity contribution < 1.29 is 13.2 Å². The van der Waals surface area contributed by atoms with Crippen LogP contribution in [0.1, 0.15) is 24.3 Å². The highest BCUT2D eigenvalue weighted by atomic mass is 19.1. The van der Waals surface area contributed by atoms with E-state index < -0.39 is 11.6 Å². The Kier molecular flexibility index (Phi) is 3.22. The fourth-order valence-electron chi connectivity index (χ4n) is 3.48. The van der Waals surface area contributed by atoms with Crippen LogP contribution in [-0.4, -0.2) is 4.98 Å². The van der Waals surface area contributed by atoms with Crippen molar-refractivity contribution in [2.75, 3.05) is 0 Å². The first-order chi connectivity index (χ1) is 11.0. The van der Waals surface area contributed by atoms with Crippen LogP contribution in [0.2, 0.25) is 0 Å². The Bertz CT molecular complexity index is 874. The van der Waals surface area contributed by atoms with Crippen LogP contribution in [0.25, 0.3) is 22.2 Å². The SMILES string of the molecule is [CH2]C1CC(c2c(-c3ccc(F)cc3)[nH]c3c(F)cc(F)cc23)C1. The van der Waals surface area contributed by atoms with Crippen LogP contribution in [0.5, 0.6) is 0 Å². The first-order valence-corrected chi connectivity index (χ1v) is 7.62. The van der Waals surface area contributed by atoms with E-state index in [2.05, 4.69) is 11.9 Å². The van der Waals surface area contributed by atoms with Crippen LogP contribution >= 0.6 is 0 Å². The summed E-state index contributed by atoms with van der Waals surface area (Å²) in [5.41, 5.74) is 2.71. The van der Waals surface area contributed by atoms with Gasteiger partial charge in [-0.2, -0.15) is 0 Å². The minimum atomic E-state index is -0.611. The number of fused-ring (bicyclic) bond motifs is 1. The summed E-state index contributed by atoms with van der Waals surface area (Å²) >= 11 is 0. The van der Waals surface area contributed by atoms with Crippen molar-refractivity contribution >= 4 is 10.9 Å². The zero-order chi connectivity index (χ0) is 16.1. The average molecular weight is 314 g/mol. The predicted molar refractivity (Wildman–Crippen MR) is 84.4 cm³/mol. The molecule has 4 heteroatoms. The van der Waals surface area contributed by atoms with Gasteiger partial charge >= 0.3 is 0 Å². The van der Waals surface area contributed by atoms with Gasteiger partial charge in [0, 0.05) is 11.5 Å². The summed E-state index contributed by atoms with van der Waals surface area (Å²) in [6, 6.07) is 8.28. The molecule has 1 nitrogen and oxygen atoms in total. The lowest BCUT2D eigenvalue weighted by molar-refractivity contribution is 0.322. The van der Waals surface area contributed by atoms with Crippen molar-refractivity contribution in [2.45, 2.75) is 18.8 Å². The van der Waals surface area contributed by atoms with E-state index in [9.17, 15) is 13.2 Å². The smallest absolute Gasteiger partial charge is 0.150 e. The Morgan fingerprint density at radius 1 is 0.957 bits per heavy atom. The maximum Gasteiger partial charge on any atom is 0.150 e. The number of hydrogen-bond donors (Lipinski definition) is 1. The van der Waals surface area contributed by atoms with E-state index >= 15 is 0 Å². The molecular formula is C19H15F3N. The van der Waals surface area contributed by atoms with Gasteiger partial charge in [-0.1, -0.05) is 6.92 Å². The molecule has 1 aliphatic rings. The van der Waals surface area contributed by atoms with Crippen LogP contribution in [0.3, 0.4) is 0 Å². The second-order valence-electron chi connectivity index (χ2n) is 6.27. The zero-order valence-electron chi connectivity index (χ0n) is 12.4. The Morgan fingerprint density at radius 2 is 1.65 bits per heavy atom. The van der Waals surface area contributed by atoms with Gasteiger partial charge in [-0.05, 0) is 66.1 Å². The lowest BCUT2D eigenvalue weighted by atomic mass is 9.71. The van der Waals surface area contributed by atoms with E-state index in [0.29, 0.717) is 16.8 Å². The summed E-state index contributed by atoms with van der Waals surface area (Å²) in [6.07, 6.45) is 1.78. The lowest BCUT2D eigenvalue weighted by Gasteiger charge is -2.33. The molecule has 0 atom stereocenters. The molecule has 0 amide bonds. The van der Waals surface area contributed by atoms with Crippen molar-refractivity contribution in [3.63, 3.8) is 0 Å². The third-order valence-corrected chi connectivity index (χ3v) is 4.64. The quantitative estimate of drug-likeness (QED) is 0.635. The third kappa shape index (κ3) is 2.33. The minimum absolute atomic E-state index is 0.215. The average Bonchev–Trinajstić information content (AvgIpc) is 2.84. The summed E-state index contributed by atoms with van der Waals surface area (Å²) in [5, 5.41) is 0.568. The Balaban J connectivity index is 1.97. The van der Waals surface area contributed by atoms with Gasteiger partial charge in [0.05, 0.1) is 11.2 Å². The third-order valence-electron chi connectivity index (χ3n) is 4.64. The van der Waals surface area contributed by atoms with Gasteiger partial charge in [-0.3, -0.25) is 0 Å². The van der Waals surface area contributed by atoms with Crippen LogP contribution in [0, 0.1) is 30.3 Å². The Hall–Kier alpha value is -2.23. The molecule has 0 bridgehead atoms. The number of H-pyrrole nitrogens is 1. The topological polar surface area (TPSA) is 15.8 Å². The molecule has 0 aliphatic heterocycles. The van der Waals surface area contributed by atoms with Crippen molar-refractivity contribution in [2.24, 2.45) is 5.92 Å². The molecule has 0 spiro atoms. The second-order valence-corrected chi connectivity index (χ2v) is 6.27. The molecule has 4 rings (SSSR count).